The Morgan fingerprint density at radius 2 is 2.12 bits per heavy atom. The number of amides is 1. The standard InChI is InChI=1S/C18H20ClN3OS2/c1-11-17(12-6-8-22(11)9-7-12)21-18(23)14-3-5-16(24-14)25-15-4-2-13(19)10-20-15/h2-5,10-12,17H,6-9H2,1H3,(H,21,23). The number of halogens is 1. The van der Waals surface area contributed by atoms with Crippen LogP contribution in [0.3, 0.4) is 0 Å². The molecule has 2 aromatic heterocycles. The zero-order valence-corrected chi connectivity index (χ0v) is 16.3. The number of carbonyl (C=O) groups is 1. The normalized spacial score (nSPS) is 28.1. The maximum atomic E-state index is 12.7. The van der Waals surface area contributed by atoms with E-state index in [1.807, 2.05) is 24.3 Å². The van der Waals surface area contributed by atoms with Crippen molar-refractivity contribution in [2.24, 2.45) is 5.92 Å². The summed E-state index contributed by atoms with van der Waals surface area (Å²) in [6, 6.07) is 8.31. The molecule has 1 N–H and O–H groups in total. The Morgan fingerprint density at radius 1 is 1.32 bits per heavy atom. The van der Waals surface area contributed by atoms with Crippen molar-refractivity contribution in [1.82, 2.24) is 15.2 Å². The Bertz CT molecular complexity index is 754. The predicted octanol–water partition coefficient (Wildman–Crippen LogP) is 4.16. The highest BCUT2D eigenvalue weighted by Crippen LogP contribution is 2.34. The van der Waals surface area contributed by atoms with Gasteiger partial charge < -0.3 is 5.32 Å². The lowest BCUT2D eigenvalue weighted by Crippen LogP contribution is -2.62. The van der Waals surface area contributed by atoms with Gasteiger partial charge >= 0.3 is 0 Å². The molecule has 7 heteroatoms. The number of rotatable bonds is 4. The molecule has 5 rings (SSSR count). The van der Waals surface area contributed by atoms with Gasteiger partial charge in [-0.05, 0) is 63.0 Å². The first-order chi connectivity index (χ1) is 12.1. The average Bonchev–Trinajstić information content (AvgIpc) is 3.09. The van der Waals surface area contributed by atoms with E-state index in [9.17, 15) is 4.79 Å². The maximum absolute atomic E-state index is 12.7. The number of fused-ring (bicyclic) bond motifs is 3. The van der Waals surface area contributed by atoms with E-state index in [1.165, 1.54) is 37.3 Å². The maximum Gasteiger partial charge on any atom is 0.261 e. The number of piperidine rings is 3. The molecule has 3 saturated heterocycles. The lowest BCUT2D eigenvalue weighted by atomic mass is 9.79. The fourth-order valence-corrected chi connectivity index (χ4v) is 5.82. The summed E-state index contributed by atoms with van der Waals surface area (Å²) >= 11 is 8.93. The number of thiophene rings is 1. The van der Waals surface area contributed by atoms with Crippen molar-refractivity contribution in [2.75, 3.05) is 13.1 Å². The molecule has 3 aliphatic rings. The lowest BCUT2D eigenvalue weighted by Gasteiger charge is -2.49. The van der Waals surface area contributed by atoms with E-state index in [2.05, 4.69) is 22.1 Å². The third-order valence-corrected chi connectivity index (χ3v) is 7.58. The second-order valence-corrected chi connectivity index (χ2v) is 9.49. The molecule has 0 aliphatic carbocycles. The Hall–Kier alpha value is -1.08. The largest absolute Gasteiger partial charge is 0.347 e. The van der Waals surface area contributed by atoms with Crippen molar-refractivity contribution in [3.05, 3.63) is 40.4 Å². The van der Waals surface area contributed by atoms with E-state index in [1.54, 1.807) is 18.0 Å². The highest BCUT2D eigenvalue weighted by atomic mass is 35.5. The summed E-state index contributed by atoms with van der Waals surface area (Å²) in [5.74, 6) is 0.669. The molecule has 5 heterocycles. The summed E-state index contributed by atoms with van der Waals surface area (Å²) in [7, 11) is 0. The topological polar surface area (TPSA) is 45.2 Å². The van der Waals surface area contributed by atoms with Crippen LogP contribution in [0.5, 0.6) is 0 Å². The summed E-state index contributed by atoms with van der Waals surface area (Å²) in [4.78, 5) is 20.2. The number of pyridine rings is 1. The van der Waals surface area contributed by atoms with Crippen LogP contribution in [0.15, 0.2) is 39.7 Å². The van der Waals surface area contributed by atoms with Gasteiger partial charge in [0.25, 0.3) is 5.91 Å². The Kier molecular flexibility index (Phi) is 5.04. The van der Waals surface area contributed by atoms with E-state index in [-0.39, 0.29) is 11.9 Å². The predicted molar refractivity (Wildman–Crippen MR) is 103 cm³/mol. The monoisotopic (exact) mass is 393 g/mol. The van der Waals surface area contributed by atoms with Crippen LogP contribution in [0.4, 0.5) is 0 Å². The molecule has 0 aromatic carbocycles. The fourth-order valence-electron chi connectivity index (χ4n) is 3.79. The molecule has 3 aliphatic heterocycles. The van der Waals surface area contributed by atoms with Crippen LogP contribution in [-0.2, 0) is 0 Å². The van der Waals surface area contributed by atoms with E-state index in [4.69, 9.17) is 11.6 Å². The molecule has 2 aromatic rings. The van der Waals surface area contributed by atoms with Gasteiger partial charge in [0.05, 0.1) is 14.1 Å². The molecule has 0 radical (unpaired) electrons. The summed E-state index contributed by atoms with van der Waals surface area (Å²) < 4.78 is 1.06. The second-order valence-electron chi connectivity index (χ2n) is 6.65. The van der Waals surface area contributed by atoms with Gasteiger partial charge in [-0.3, -0.25) is 9.69 Å². The Labute approximate surface area is 161 Å². The van der Waals surface area contributed by atoms with Crippen molar-refractivity contribution in [1.29, 1.82) is 0 Å². The van der Waals surface area contributed by atoms with Crippen LogP contribution in [0.25, 0.3) is 0 Å². The Balaban J connectivity index is 1.41. The van der Waals surface area contributed by atoms with Gasteiger partial charge in [-0.25, -0.2) is 4.98 Å². The number of hydrogen-bond acceptors (Lipinski definition) is 5. The first kappa shape index (κ1) is 17.3. The average molecular weight is 394 g/mol. The summed E-state index contributed by atoms with van der Waals surface area (Å²) in [6.45, 7) is 4.58. The second kappa shape index (κ2) is 7.27. The summed E-state index contributed by atoms with van der Waals surface area (Å²) in [6.07, 6.45) is 4.03. The molecule has 2 unspecified atom stereocenters. The van der Waals surface area contributed by atoms with Crippen LogP contribution in [0.1, 0.15) is 29.4 Å². The van der Waals surface area contributed by atoms with Crippen LogP contribution in [0.2, 0.25) is 5.02 Å². The van der Waals surface area contributed by atoms with E-state index < -0.39 is 0 Å². The molecule has 3 fully saturated rings. The van der Waals surface area contributed by atoms with E-state index in [0.717, 1.165) is 14.1 Å². The minimum Gasteiger partial charge on any atom is -0.347 e. The highest BCUT2D eigenvalue weighted by Gasteiger charge is 2.40. The molecular formula is C18H20ClN3OS2. The van der Waals surface area contributed by atoms with Crippen molar-refractivity contribution >= 4 is 40.6 Å². The van der Waals surface area contributed by atoms with Gasteiger partial charge in [-0.15, -0.1) is 11.3 Å². The first-order valence-corrected chi connectivity index (χ1v) is 10.6. The van der Waals surface area contributed by atoms with Crippen LogP contribution >= 0.6 is 34.7 Å². The number of aromatic nitrogens is 1. The van der Waals surface area contributed by atoms with Crippen molar-refractivity contribution < 1.29 is 4.79 Å². The van der Waals surface area contributed by atoms with Crippen LogP contribution in [-0.4, -0.2) is 41.0 Å². The van der Waals surface area contributed by atoms with E-state index in [0.29, 0.717) is 17.0 Å². The minimum atomic E-state index is 0.0477. The molecule has 2 bridgehead atoms. The highest BCUT2D eigenvalue weighted by molar-refractivity contribution is 8.01. The van der Waals surface area contributed by atoms with Crippen molar-refractivity contribution in [3.63, 3.8) is 0 Å². The summed E-state index contributed by atoms with van der Waals surface area (Å²) in [5, 5.41) is 4.79. The number of nitrogens with zero attached hydrogens (tertiary/aromatic N) is 2. The third kappa shape index (κ3) is 3.72. The van der Waals surface area contributed by atoms with Gasteiger partial charge in [0.15, 0.2) is 0 Å². The van der Waals surface area contributed by atoms with E-state index >= 15 is 0 Å². The smallest absolute Gasteiger partial charge is 0.261 e. The van der Waals surface area contributed by atoms with Crippen LogP contribution < -0.4 is 5.32 Å². The lowest BCUT2D eigenvalue weighted by molar-refractivity contribution is 0.0218. The fraction of sp³-hybridized carbons (Fsp3) is 0.444. The SMILES string of the molecule is CC1C(NC(=O)c2ccc(Sc3ccc(Cl)cn3)s2)C2CCN1CC2. The van der Waals surface area contributed by atoms with Crippen LogP contribution in [0, 0.1) is 5.92 Å². The van der Waals surface area contributed by atoms with Gasteiger partial charge in [-0.1, -0.05) is 23.4 Å². The molecular weight excluding hydrogens is 374 g/mol. The van der Waals surface area contributed by atoms with Crippen molar-refractivity contribution in [3.8, 4) is 0 Å². The molecule has 132 valence electrons. The zero-order valence-electron chi connectivity index (χ0n) is 13.9. The molecule has 0 saturated carbocycles. The molecule has 25 heavy (non-hydrogen) atoms. The molecule has 4 nitrogen and oxygen atoms in total. The summed E-state index contributed by atoms with van der Waals surface area (Å²) in [5.41, 5.74) is 0. The minimum absolute atomic E-state index is 0.0477. The first-order valence-electron chi connectivity index (χ1n) is 8.54. The zero-order chi connectivity index (χ0) is 17.4. The number of nitrogens with one attached hydrogen (secondary N) is 1. The molecule has 0 spiro atoms. The number of hydrogen-bond donors (Lipinski definition) is 1. The quantitative estimate of drug-likeness (QED) is 0.847. The van der Waals surface area contributed by atoms with Gasteiger partial charge in [0, 0.05) is 18.3 Å². The van der Waals surface area contributed by atoms with Gasteiger partial charge in [0.1, 0.15) is 5.03 Å². The van der Waals surface area contributed by atoms with Gasteiger partial charge in [-0.2, -0.15) is 0 Å². The Morgan fingerprint density at radius 3 is 2.80 bits per heavy atom. The third-order valence-electron chi connectivity index (χ3n) is 5.19. The number of carbonyl (C=O) groups excluding carboxylic acids is 1. The van der Waals surface area contributed by atoms with Gasteiger partial charge in [0.2, 0.25) is 0 Å². The molecule has 2 atom stereocenters. The molecule has 1 amide bonds. The van der Waals surface area contributed by atoms with Crippen molar-refractivity contribution in [2.45, 2.75) is 41.1 Å².